The topological polar surface area (TPSA) is 37.3 Å². The van der Waals surface area contributed by atoms with Gasteiger partial charge in [0.15, 0.2) is 0 Å². The fourth-order valence-electron chi connectivity index (χ4n) is 1.77. The molecule has 2 aromatic carbocycles. The maximum absolute atomic E-state index is 10.7. The standard InChI is InChI=1S/C15H13BrO2/c16-14(12-4-2-1-3-5-12)10-11-6-8-13(9-7-11)15(17)18/h1-9,14H,10H2,(H,17,18). The summed E-state index contributed by atoms with van der Waals surface area (Å²) in [5.41, 5.74) is 2.66. The Morgan fingerprint density at radius 3 is 2.22 bits per heavy atom. The molecule has 0 saturated carbocycles. The normalized spacial score (nSPS) is 12.1. The molecular weight excluding hydrogens is 292 g/mol. The minimum absolute atomic E-state index is 0.245. The van der Waals surface area contributed by atoms with Crippen LogP contribution in [0, 0.1) is 0 Å². The summed E-state index contributed by atoms with van der Waals surface area (Å²) in [4.78, 5) is 11.0. The van der Waals surface area contributed by atoms with E-state index in [2.05, 4.69) is 28.1 Å². The average molecular weight is 305 g/mol. The van der Waals surface area contributed by atoms with E-state index in [0.29, 0.717) is 5.56 Å². The quantitative estimate of drug-likeness (QED) is 0.865. The fraction of sp³-hybridized carbons (Fsp3) is 0.133. The van der Waals surface area contributed by atoms with Crippen LogP contribution in [0.4, 0.5) is 0 Å². The highest BCUT2D eigenvalue weighted by molar-refractivity contribution is 9.09. The third-order valence-corrected chi connectivity index (χ3v) is 3.63. The Labute approximate surface area is 114 Å². The monoisotopic (exact) mass is 304 g/mol. The van der Waals surface area contributed by atoms with Crippen molar-refractivity contribution in [3.05, 3.63) is 71.3 Å². The molecule has 0 aliphatic carbocycles. The lowest BCUT2D eigenvalue weighted by molar-refractivity contribution is 0.0697. The van der Waals surface area contributed by atoms with Crippen molar-refractivity contribution in [1.29, 1.82) is 0 Å². The summed E-state index contributed by atoms with van der Waals surface area (Å²) in [7, 11) is 0. The van der Waals surface area contributed by atoms with Gasteiger partial charge in [-0.25, -0.2) is 4.79 Å². The van der Waals surface area contributed by atoms with Crippen LogP contribution in [0.1, 0.15) is 26.3 Å². The lowest BCUT2D eigenvalue weighted by atomic mass is 10.0. The smallest absolute Gasteiger partial charge is 0.335 e. The Balaban J connectivity index is 2.08. The Bertz CT molecular complexity index is 520. The van der Waals surface area contributed by atoms with Crippen LogP contribution in [0.15, 0.2) is 54.6 Å². The molecule has 0 aliphatic heterocycles. The van der Waals surface area contributed by atoms with Crippen molar-refractivity contribution >= 4 is 21.9 Å². The van der Waals surface area contributed by atoms with Gasteiger partial charge >= 0.3 is 5.97 Å². The SMILES string of the molecule is O=C(O)c1ccc(CC(Br)c2ccccc2)cc1. The Hall–Kier alpha value is -1.61. The number of carboxylic acids is 1. The van der Waals surface area contributed by atoms with Crippen LogP contribution in [-0.4, -0.2) is 11.1 Å². The van der Waals surface area contributed by atoms with E-state index in [9.17, 15) is 4.79 Å². The first kappa shape index (κ1) is 12.8. The van der Waals surface area contributed by atoms with Gasteiger partial charge in [0.25, 0.3) is 0 Å². The maximum atomic E-state index is 10.7. The third kappa shape index (κ3) is 3.20. The molecule has 2 nitrogen and oxygen atoms in total. The first-order valence-electron chi connectivity index (χ1n) is 5.68. The molecule has 0 spiro atoms. The molecule has 0 bridgehead atoms. The van der Waals surface area contributed by atoms with Gasteiger partial charge in [0.1, 0.15) is 0 Å². The molecule has 0 radical (unpaired) electrons. The number of hydrogen-bond donors (Lipinski definition) is 1. The van der Waals surface area contributed by atoms with Gasteiger partial charge in [0.05, 0.1) is 5.56 Å². The first-order chi connectivity index (χ1) is 8.66. The summed E-state index contributed by atoms with van der Waals surface area (Å²) in [5.74, 6) is -0.889. The molecule has 1 atom stereocenters. The third-order valence-electron chi connectivity index (χ3n) is 2.78. The van der Waals surface area contributed by atoms with Crippen molar-refractivity contribution in [2.75, 3.05) is 0 Å². The Kier molecular flexibility index (Phi) is 4.15. The summed E-state index contributed by atoms with van der Waals surface area (Å²) in [5, 5.41) is 8.83. The molecule has 1 unspecified atom stereocenters. The van der Waals surface area contributed by atoms with Crippen LogP contribution in [0.2, 0.25) is 0 Å². The van der Waals surface area contributed by atoms with E-state index in [1.54, 1.807) is 12.1 Å². The molecule has 92 valence electrons. The molecule has 0 heterocycles. The van der Waals surface area contributed by atoms with E-state index < -0.39 is 5.97 Å². The number of hydrogen-bond acceptors (Lipinski definition) is 1. The maximum Gasteiger partial charge on any atom is 0.335 e. The van der Waals surface area contributed by atoms with Crippen molar-refractivity contribution in [1.82, 2.24) is 0 Å². The number of aromatic carboxylic acids is 1. The molecular formula is C15H13BrO2. The van der Waals surface area contributed by atoms with Gasteiger partial charge in [-0.3, -0.25) is 0 Å². The van der Waals surface area contributed by atoms with Gasteiger partial charge in [0, 0.05) is 4.83 Å². The van der Waals surface area contributed by atoms with E-state index in [4.69, 9.17) is 5.11 Å². The molecule has 2 rings (SSSR count). The van der Waals surface area contributed by atoms with Crippen LogP contribution >= 0.6 is 15.9 Å². The summed E-state index contributed by atoms with van der Waals surface area (Å²) in [6.45, 7) is 0. The lowest BCUT2D eigenvalue weighted by Crippen LogP contribution is -1.98. The number of alkyl halides is 1. The highest BCUT2D eigenvalue weighted by atomic mass is 79.9. The second kappa shape index (κ2) is 5.83. The van der Waals surface area contributed by atoms with Crippen molar-refractivity contribution in [3.63, 3.8) is 0 Å². The number of halogens is 1. The van der Waals surface area contributed by atoms with Gasteiger partial charge in [-0.05, 0) is 29.7 Å². The molecule has 0 saturated heterocycles. The van der Waals surface area contributed by atoms with Crippen molar-refractivity contribution in [2.45, 2.75) is 11.2 Å². The number of carboxylic acid groups (broad SMARTS) is 1. The Morgan fingerprint density at radius 1 is 1.06 bits per heavy atom. The Morgan fingerprint density at radius 2 is 1.67 bits per heavy atom. The van der Waals surface area contributed by atoms with Crippen LogP contribution in [0.25, 0.3) is 0 Å². The van der Waals surface area contributed by atoms with Gasteiger partial charge in [-0.2, -0.15) is 0 Å². The minimum atomic E-state index is -0.889. The molecule has 3 heteroatoms. The predicted octanol–water partition coefficient (Wildman–Crippen LogP) is 4.06. The summed E-state index contributed by atoms with van der Waals surface area (Å²) in [6.07, 6.45) is 0.837. The summed E-state index contributed by atoms with van der Waals surface area (Å²) < 4.78 is 0. The van der Waals surface area contributed by atoms with Gasteiger partial charge in [-0.15, -0.1) is 0 Å². The molecule has 0 fully saturated rings. The van der Waals surface area contributed by atoms with E-state index in [-0.39, 0.29) is 4.83 Å². The van der Waals surface area contributed by atoms with Gasteiger partial charge in [0.2, 0.25) is 0 Å². The predicted molar refractivity (Wildman–Crippen MR) is 75.2 cm³/mol. The number of rotatable bonds is 4. The van der Waals surface area contributed by atoms with E-state index in [0.717, 1.165) is 12.0 Å². The van der Waals surface area contributed by atoms with Crippen molar-refractivity contribution in [2.24, 2.45) is 0 Å². The highest BCUT2D eigenvalue weighted by Gasteiger charge is 2.08. The van der Waals surface area contributed by atoms with Crippen LogP contribution in [-0.2, 0) is 6.42 Å². The van der Waals surface area contributed by atoms with E-state index in [1.807, 2.05) is 30.3 Å². The van der Waals surface area contributed by atoms with Gasteiger partial charge < -0.3 is 5.11 Å². The van der Waals surface area contributed by atoms with Crippen LogP contribution in [0.5, 0.6) is 0 Å². The summed E-state index contributed by atoms with van der Waals surface area (Å²) >= 11 is 3.65. The zero-order valence-corrected chi connectivity index (χ0v) is 11.3. The van der Waals surface area contributed by atoms with E-state index >= 15 is 0 Å². The van der Waals surface area contributed by atoms with Crippen LogP contribution in [0.3, 0.4) is 0 Å². The van der Waals surface area contributed by atoms with Crippen molar-refractivity contribution < 1.29 is 9.90 Å². The number of benzene rings is 2. The lowest BCUT2D eigenvalue weighted by Gasteiger charge is -2.10. The second-order valence-corrected chi connectivity index (χ2v) is 5.19. The fourth-order valence-corrected chi connectivity index (χ4v) is 2.45. The largest absolute Gasteiger partial charge is 0.478 e. The number of carbonyl (C=O) groups is 1. The van der Waals surface area contributed by atoms with Crippen LogP contribution < -0.4 is 0 Å². The zero-order valence-electron chi connectivity index (χ0n) is 9.71. The summed E-state index contributed by atoms with van der Waals surface area (Å²) in [6, 6.07) is 17.2. The molecule has 18 heavy (non-hydrogen) atoms. The molecule has 0 amide bonds. The molecule has 2 aromatic rings. The minimum Gasteiger partial charge on any atom is -0.478 e. The zero-order chi connectivity index (χ0) is 13.0. The second-order valence-electron chi connectivity index (χ2n) is 4.08. The van der Waals surface area contributed by atoms with Gasteiger partial charge in [-0.1, -0.05) is 58.4 Å². The molecule has 0 aliphatic rings. The first-order valence-corrected chi connectivity index (χ1v) is 6.59. The molecule has 0 aromatic heterocycles. The van der Waals surface area contributed by atoms with E-state index in [1.165, 1.54) is 5.56 Å². The van der Waals surface area contributed by atoms with Crippen molar-refractivity contribution in [3.8, 4) is 0 Å². The highest BCUT2D eigenvalue weighted by Crippen LogP contribution is 2.26. The molecule has 1 N–H and O–H groups in total. The average Bonchev–Trinajstić information content (AvgIpc) is 2.40.